The molecule has 0 aromatic carbocycles. The molecule has 2 atom stereocenters. The number of hydrogen-bond donors (Lipinski definition) is 1. The van der Waals surface area contributed by atoms with E-state index in [1.807, 2.05) is 0 Å². The fourth-order valence-corrected chi connectivity index (χ4v) is 3.92. The Balaban J connectivity index is 2.00. The molecule has 84 valence electrons. The summed E-state index contributed by atoms with van der Waals surface area (Å²) in [5.41, 5.74) is 0. The van der Waals surface area contributed by atoms with Crippen molar-refractivity contribution in [1.82, 2.24) is 0 Å². The van der Waals surface area contributed by atoms with Crippen molar-refractivity contribution < 1.29 is 5.11 Å². The van der Waals surface area contributed by atoms with Gasteiger partial charge >= 0.3 is 0 Å². The van der Waals surface area contributed by atoms with Crippen LogP contribution < -0.4 is 0 Å². The molecule has 0 aliphatic heterocycles. The molecule has 0 spiro atoms. The van der Waals surface area contributed by atoms with E-state index >= 15 is 0 Å². The van der Waals surface area contributed by atoms with Gasteiger partial charge in [0.15, 0.2) is 0 Å². The summed E-state index contributed by atoms with van der Waals surface area (Å²) in [5, 5.41) is 12.1. The minimum absolute atomic E-state index is 0.0819. The SMILES string of the molecule is OC1CCCCCC1Cc1sccc1Br. The Bertz CT molecular complexity index is 310. The molecule has 3 heteroatoms. The molecule has 0 saturated heterocycles. The van der Waals surface area contributed by atoms with E-state index in [-0.39, 0.29) is 6.10 Å². The maximum atomic E-state index is 10.0. The van der Waals surface area contributed by atoms with Crippen molar-refractivity contribution in [3.63, 3.8) is 0 Å². The zero-order valence-corrected chi connectivity index (χ0v) is 11.2. The molecule has 1 aromatic rings. The molecule has 1 aliphatic carbocycles. The number of hydrogen-bond acceptors (Lipinski definition) is 2. The van der Waals surface area contributed by atoms with Crippen molar-refractivity contribution in [3.05, 3.63) is 20.8 Å². The summed E-state index contributed by atoms with van der Waals surface area (Å²) in [6, 6.07) is 2.10. The first-order chi connectivity index (χ1) is 7.27. The van der Waals surface area contributed by atoms with Crippen LogP contribution in [0.2, 0.25) is 0 Å². The van der Waals surface area contributed by atoms with E-state index in [1.165, 1.54) is 35.0 Å². The van der Waals surface area contributed by atoms with Gasteiger partial charge in [0.05, 0.1) is 6.10 Å². The van der Waals surface area contributed by atoms with Gasteiger partial charge in [0.2, 0.25) is 0 Å². The first kappa shape index (κ1) is 11.6. The molecule has 15 heavy (non-hydrogen) atoms. The minimum atomic E-state index is -0.0819. The molecule has 1 saturated carbocycles. The lowest BCUT2D eigenvalue weighted by atomic mass is 9.93. The average Bonchev–Trinajstić information content (AvgIpc) is 2.50. The average molecular weight is 289 g/mol. The summed E-state index contributed by atoms with van der Waals surface area (Å²) in [4.78, 5) is 1.39. The highest BCUT2D eigenvalue weighted by molar-refractivity contribution is 9.10. The Hall–Kier alpha value is 0.140. The van der Waals surface area contributed by atoms with Gasteiger partial charge in [0.25, 0.3) is 0 Å². The van der Waals surface area contributed by atoms with Crippen LogP contribution in [0.1, 0.15) is 37.0 Å². The van der Waals surface area contributed by atoms with E-state index in [4.69, 9.17) is 0 Å². The van der Waals surface area contributed by atoms with Crippen molar-refractivity contribution in [1.29, 1.82) is 0 Å². The topological polar surface area (TPSA) is 20.2 Å². The highest BCUT2D eigenvalue weighted by atomic mass is 79.9. The Morgan fingerprint density at radius 1 is 1.33 bits per heavy atom. The fraction of sp³-hybridized carbons (Fsp3) is 0.667. The third-order valence-electron chi connectivity index (χ3n) is 3.26. The van der Waals surface area contributed by atoms with Crippen LogP contribution in [-0.4, -0.2) is 11.2 Å². The van der Waals surface area contributed by atoms with Crippen LogP contribution in [0.5, 0.6) is 0 Å². The fourth-order valence-electron chi connectivity index (χ4n) is 2.31. The minimum Gasteiger partial charge on any atom is -0.393 e. The Labute approximate surface area is 104 Å². The van der Waals surface area contributed by atoms with Crippen LogP contribution in [0, 0.1) is 5.92 Å². The van der Waals surface area contributed by atoms with Gasteiger partial charge in [-0.15, -0.1) is 11.3 Å². The van der Waals surface area contributed by atoms with Crippen LogP contribution in [0.15, 0.2) is 15.9 Å². The monoisotopic (exact) mass is 288 g/mol. The largest absolute Gasteiger partial charge is 0.393 e. The second-order valence-corrected chi connectivity index (χ2v) is 6.22. The van der Waals surface area contributed by atoms with Gasteiger partial charge in [-0.3, -0.25) is 0 Å². The summed E-state index contributed by atoms with van der Waals surface area (Å²) in [6.45, 7) is 0. The Kier molecular flexibility index (Phi) is 4.23. The zero-order chi connectivity index (χ0) is 10.7. The van der Waals surface area contributed by atoms with Gasteiger partial charge in [-0.2, -0.15) is 0 Å². The molecule has 0 amide bonds. The van der Waals surface area contributed by atoms with Crippen molar-refractivity contribution in [3.8, 4) is 0 Å². The van der Waals surface area contributed by atoms with Crippen LogP contribution >= 0.6 is 27.3 Å². The summed E-state index contributed by atoms with van der Waals surface area (Å²) < 4.78 is 1.21. The quantitative estimate of drug-likeness (QED) is 0.816. The maximum Gasteiger partial charge on any atom is 0.0571 e. The van der Waals surface area contributed by atoms with Crippen molar-refractivity contribution in [2.45, 2.75) is 44.6 Å². The lowest BCUT2D eigenvalue weighted by Crippen LogP contribution is -2.20. The first-order valence-electron chi connectivity index (χ1n) is 5.67. The third kappa shape index (κ3) is 3.05. The van der Waals surface area contributed by atoms with Crippen molar-refractivity contribution in [2.24, 2.45) is 5.92 Å². The second-order valence-electron chi connectivity index (χ2n) is 4.36. The van der Waals surface area contributed by atoms with Gasteiger partial charge in [-0.05, 0) is 52.6 Å². The van der Waals surface area contributed by atoms with E-state index in [1.54, 1.807) is 11.3 Å². The summed E-state index contributed by atoms with van der Waals surface area (Å²) >= 11 is 5.36. The lowest BCUT2D eigenvalue weighted by molar-refractivity contribution is 0.101. The van der Waals surface area contributed by atoms with Crippen molar-refractivity contribution >= 4 is 27.3 Å². The molecule has 1 heterocycles. The highest BCUT2D eigenvalue weighted by Crippen LogP contribution is 2.31. The molecule has 2 rings (SSSR count). The maximum absolute atomic E-state index is 10.0. The molecule has 0 bridgehead atoms. The zero-order valence-electron chi connectivity index (χ0n) is 8.79. The normalized spacial score (nSPS) is 27.6. The van der Waals surface area contributed by atoms with Crippen molar-refractivity contribution in [2.75, 3.05) is 0 Å². The van der Waals surface area contributed by atoms with Crippen LogP contribution in [0.25, 0.3) is 0 Å². The number of aliphatic hydroxyl groups is 1. The smallest absolute Gasteiger partial charge is 0.0571 e. The van der Waals surface area contributed by atoms with Gasteiger partial charge in [-0.1, -0.05) is 19.3 Å². The van der Waals surface area contributed by atoms with E-state index < -0.39 is 0 Å². The summed E-state index contributed by atoms with van der Waals surface area (Å²) in [5.74, 6) is 0.474. The Morgan fingerprint density at radius 3 is 2.87 bits per heavy atom. The third-order valence-corrected chi connectivity index (χ3v) is 5.21. The van der Waals surface area contributed by atoms with Crippen LogP contribution in [-0.2, 0) is 6.42 Å². The molecule has 1 nitrogen and oxygen atoms in total. The molecule has 1 N–H and O–H groups in total. The molecule has 2 unspecified atom stereocenters. The van der Waals surface area contributed by atoms with Crippen LogP contribution in [0.3, 0.4) is 0 Å². The highest BCUT2D eigenvalue weighted by Gasteiger charge is 2.22. The number of rotatable bonds is 2. The molecule has 1 aromatic heterocycles. The van der Waals surface area contributed by atoms with Gasteiger partial charge < -0.3 is 5.11 Å². The summed E-state index contributed by atoms with van der Waals surface area (Å²) in [6.07, 6.45) is 6.91. The second kappa shape index (κ2) is 5.46. The van der Waals surface area contributed by atoms with Gasteiger partial charge in [0.1, 0.15) is 0 Å². The van der Waals surface area contributed by atoms with E-state index in [0.717, 1.165) is 12.8 Å². The van der Waals surface area contributed by atoms with E-state index in [2.05, 4.69) is 27.4 Å². The number of aliphatic hydroxyl groups excluding tert-OH is 1. The molecular formula is C12H17BrOS. The Morgan fingerprint density at radius 2 is 2.13 bits per heavy atom. The number of thiophene rings is 1. The molecule has 1 aliphatic rings. The van der Waals surface area contributed by atoms with Gasteiger partial charge in [0, 0.05) is 9.35 Å². The molecule has 0 radical (unpaired) electrons. The van der Waals surface area contributed by atoms with E-state index in [0.29, 0.717) is 5.92 Å². The predicted octanol–water partition coefficient (Wildman–Crippen LogP) is 3.99. The summed E-state index contributed by atoms with van der Waals surface area (Å²) in [7, 11) is 0. The lowest BCUT2D eigenvalue weighted by Gasteiger charge is -2.19. The van der Waals surface area contributed by atoms with E-state index in [9.17, 15) is 5.11 Å². The molecular weight excluding hydrogens is 272 g/mol. The predicted molar refractivity (Wildman–Crippen MR) is 68.3 cm³/mol. The van der Waals surface area contributed by atoms with Crippen LogP contribution in [0.4, 0.5) is 0 Å². The standard InChI is InChI=1S/C12H17BrOS/c13-10-6-7-15-12(10)8-9-4-2-1-3-5-11(9)14/h6-7,9,11,14H,1-5,8H2. The molecule has 1 fully saturated rings. The first-order valence-corrected chi connectivity index (χ1v) is 7.34. The van der Waals surface area contributed by atoms with Gasteiger partial charge in [-0.25, -0.2) is 0 Å². The number of halogens is 1.